The third-order valence-corrected chi connectivity index (χ3v) is 7.00. The summed E-state index contributed by atoms with van der Waals surface area (Å²) >= 11 is 0. The number of benzene rings is 2. The first kappa shape index (κ1) is 21.8. The molecule has 2 amide bonds. The van der Waals surface area contributed by atoms with Gasteiger partial charge < -0.3 is 5.32 Å². The summed E-state index contributed by atoms with van der Waals surface area (Å²) in [6, 6.07) is 15.4. The number of hydrogen-bond donors (Lipinski definition) is 1. The average Bonchev–Trinajstić information content (AvgIpc) is 3.12. The Balaban J connectivity index is 1.32. The largest absolute Gasteiger partial charge is 0.349 e. The Hall–Kier alpha value is -2.99. The van der Waals surface area contributed by atoms with Crippen molar-refractivity contribution in [2.75, 3.05) is 24.7 Å². The molecule has 2 aromatic rings. The molecule has 2 aliphatic heterocycles. The highest BCUT2D eigenvalue weighted by Crippen LogP contribution is 2.31. The van der Waals surface area contributed by atoms with Gasteiger partial charge in [-0.15, -0.1) is 0 Å². The van der Waals surface area contributed by atoms with E-state index in [1.54, 1.807) is 12.1 Å². The number of carbonyl (C=O) groups excluding carboxylic acids is 2. The third kappa shape index (κ3) is 4.86. The number of nitrogens with zero attached hydrogens (tertiary/aromatic N) is 3. The van der Waals surface area contributed by atoms with E-state index >= 15 is 0 Å². The summed E-state index contributed by atoms with van der Waals surface area (Å²) in [7, 11) is 0. The van der Waals surface area contributed by atoms with E-state index < -0.39 is 0 Å². The van der Waals surface area contributed by atoms with Crippen LogP contribution in [0, 0.1) is 0 Å². The molecule has 0 atom stereocenters. The first-order valence-corrected chi connectivity index (χ1v) is 12.3. The van der Waals surface area contributed by atoms with Crippen molar-refractivity contribution in [3.63, 3.8) is 0 Å². The highest BCUT2D eigenvalue weighted by molar-refractivity contribution is 6.54. The third-order valence-electron chi connectivity index (χ3n) is 7.00. The van der Waals surface area contributed by atoms with Crippen molar-refractivity contribution in [3.05, 3.63) is 59.7 Å². The molecule has 2 heterocycles. The van der Waals surface area contributed by atoms with Gasteiger partial charge in [-0.05, 0) is 69.1 Å². The molecule has 0 spiro atoms. The maximum atomic E-state index is 13.3. The van der Waals surface area contributed by atoms with Crippen molar-refractivity contribution in [1.82, 2.24) is 10.2 Å². The molecule has 0 unspecified atom stereocenters. The summed E-state index contributed by atoms with van der Waals surface area (Å²) in [6.45, 7) is 2.67. The summed E-state index contributed by atoms with van der Waals surface area (Å²) in [6.07, 6.45) is 9.40. The minimum atomic E-state index is -0.0547. The first-order valence-electron chi connectivity index (χ1n) is 12.3. The van der Waals surface area contributed by atoms with Crippen LogP contribution in [0.1, 0.15) is 67.3 Å². The number of hydrogen-bond acceptors (Lipinski definition) is 4. The fourth-order valence-electron chi connectivity index (χ4n) is 5.14. The number of rotatable bonds is 5. The quantitative estimate of drug-likeness (QED) is 0.729. The van der Waals surface area contributed by atoms with Crippen molar-refractivity contribution < 1.29 is 9.59 Å². The molecule has 6 nitrogen and oxygen atoms in total. The van der Waals surface area contributed by atoms with Crippen molar-refractivity contribution >= 4 is 28.9 Å². The number of fused-ring (bicyclic) bond motifs is 1. The number of amides is 2. The van der Waals surface area contributed by atoms with Gasteiger partial charge in [0.1, 0.15) is 5.71 Å². The van der Waals surface area contributed by atoms with Gasteiger partial charge >= 0.3 is 0 Å². The number of likely N-dealkylation sites (tertiary alicyclic amines) is 1. The van der Waals surface area contributed by atoms with E-state index in [9.17, 15) is 9.59 Å². The fraction of sp³-hybridized carbons (Fsp3) is 0.444. The number of aliphatic imine (C=N–C) groups is 1. The minimum Gasteiger partial charge on any atom is -0.349 e. The summed E-state index contributed by atoms with van der Waals surface area (Å²) in [5.41, 5.74) is 3.59. The SMILES string of the molecule is O=C(NC1CCCCC1)c1ccc(N=C2C(=O)N(CN3CCCCC3)c3ccccc32)cc1. The molecular weight excluding hydrogens is 412 g/mol. The van der Waals surface area contributed by atoms with E-state index in [0.717, 1.165) is 37.2 Å². The van der Waals surface area contributed by atoms with Gasteiger partial charge in [0.05, 0.1) is 18.0 Å². The van der Waals surface area contributed by atoms with Crippen LogP contribution in [0.2, 0.25) is 0 Å². The van der Waals surface area contributed by atoms with Crippen LogP contribution in [0.5, 0.6) is 0 Å². The van der Waals surface area contributed by atoms with E-state index in [1.165, 1.54) is 38.5 Å². The number of anilines is 1. The molecule has 2 fully saturated rings. The molecule has 3 aliphatic rings. The van der Waals surface area contributed by atoms with Crippen LogP contribution in [0.25, 0.3) is 0 Å². The molecule has 33 heavy (non-hydrogen) atoms. The average molecular weight is 445 g/mol. The number of nitrogens with one attached hydrogen (secondary N) is 1. The maximum Gasteiger partial charge on any atom is 0.278 e. The van der Waals surface area contributed by atoms with Crippen LogP contribution in [0.4, 0.5) is 11.4 Å². The lowest BCUT2D eigenvalue weighted by Crippen LogP contribution is -2.43. The molecule has 1 aliphatic carbocycles. The zero-order valence-electron chi connectivity index (χ0n) is 19.1. The van der Waals surface area contributed by atoms with Crippen LogP contribution in [-0.2, 0) is 4.79 Å². The van der Waals surface area contributed by atoms with Gasteiger partial charge in [0.2, 0.25) is 0 Å². The zero-order valence-corrected chi connectivity index (χ0v) is 19.1. The van der Waals surface area contributed by atoms with Gasteiger partial charge in [-0.1, -0.05) is 43.9 Å². The van der Waals surface area contributed by atoms with Gasteiger partial charge in [-0.25, -0.2) is 4.99 Å². The van der Waals surface area contributed by atoms with E-state index in [1.807, 2.05) is 41.3 Å². The van der Waals surface area contributed by atoms with Crippen LogP contribution in [0.3, 0.4) is 0 Å². The summed E-state index contributed by atoms with van der Waals surface area (Å²) in [4.78, 5) is 34.9. The van der Waals surface area contributed by atoms with E-state index in [4.69, 9.17) is 4.99 Å². The summed E-state index contributed by atoms with van der Waals surface area (Å²) in [5, 5.41) is 3.15. The van der Waals surface area contributed by atoms with Gasteiger partial charge in [-0.2, -0.15) is 0 Å². The lowest BCUT2D eigenvalue weighted by Gasteiger charge is -2.30. The summed E-state index contributed by atoms with van der Waals surface area (Å²) in [5.74, 6) is -0.0861. The Morgan fingerprint density at radius 2 is 1.61 bits per heavy atom. The van der Waals surface area contributed by atoms with E-state index in [0.29, 0.717) is 23.6 Å². The van der Waals surface area contributed by atoms with E-state index in [-0.39, 0.29) is 17.9 Å². The molecule has 172 valence electrons. The smallest absolute Gasteiger partial charge is 0.278 e. The fourth-order valence-corrected chi connectivity index (χ4v) is 5.14. The Labute approximate surface area is 195 Å². The monoisotopic (exact) mass is 444 g/mol. The van der Waals surface area contributed by atoms with Gasteiger partial charge in [0.25, 0.3) is 11.8 Å². The number of piperidine rings is 1. The van der Waals surface area contributed by atoms with Crippen molar-refractivity contribution in [2.24, 2.45) is 4.99 Å². The zero-order chi connectivity index (χ0) is 22.6. The Morgan fingerprint density at radius 3 is 2.36 bits per heavy atom. The molecule has 0 aromatic heterocycles. The van der Waals surface area contributed by atoms with Crippen molar-refractivity contribution in [1.29, 1.82) is 0 Å². The highest BCUT2D eigenvalue weighted by Gasteiger charge is 2.34. The Morgan fingerprint density at radius 1 is 0.909 bits per heavy atom. The summed E-state index contributed by atoms with van der Waals surface area (Å²) < 4.78 is 0. The lowest BCUT2D eigenvalue weighted by molar-refractivity contribution is -0.112. The second-order valence-electron chi connectivity index (χ2n) is 9.39. The Bertz CT molecular complexity index is 1030. The second-order valence-corrected chi connectivity index (χ2v) is 9.39. The normalized spacial score (nSPS) is 20.8. The molecule has 5 rings (SSSR count). The van der Waals surface area contributed by atoms with Crippen LogP contribution < -0.4 is 10.2 Å². The van der Waals surface area contributed by atoms with Crippen LogP contribution >= 0.6 is 0 Å². The molecule has 1 saturated carbocycles. The maximum absolute atomic E-state index is 13.3. The molecular formula is C27H32N4O2. The minimum absolute atomic E-state index is 0.0314. The van der Waals surface area contributed by atoms with Gasteiger partial charge in [-0.3, -0.25) is 19.4 Å². The topological polar surface area (TPSA) is 65.0 Å². The lowest BCUT2D eigenvalue weighted by atomic mass is 9.95. The number of para-hydroxylation sites is 1. The molecule has 6 heteroatoms. The highest BCUT2D eigenvalue weighted by atomic mass is 16.2. The molecule has 0 bridgehead atoms. The van der Waals surface area contributed by atoms with E-state index in [2.05, 4.69) is 10.2 Å². The van der Waals surface area contributed by atoms with Crippen LogP contribution in [-0.4, -0.2) is 48.2 Å². The van der Waals surface area contributed by atoms with Gasteiger partial charge in [0, 0.05) is 17.2 Å². The predicted octanol–water partition coefficient (Wildman–Crippen LogP) is 4.66. The van der Waals surface area contributed by atoms with Gasteiger partial charge in [0.15, 0.2) is 0 Å². The molecule has 1 saturated heterocycles. The second kappa shape index (κ2) is 9.87. The van der Waals surface area contributed by atoms with Crippen molar-refractivity contribution in [3.8, 4) is 0 Å². The van der Waals surface area contributed by atoms with Crippen LogP contribution in [0.15, 0.2) is 53.5 Å². The predicted molar refractivity (Wildman–Crippen MR) is 131 cm³/mol. The molecule has 2 aromatic carbocycles. The first-order chi connectivity index (χ1) is 16.2. The van der Waals surface area contributed by atoms with Crippen molar-refractivity contribution in [2.45, 2.75) is 57.4 Å². The standard InChI is InChI=1S/C27H32N4O2/c32-26(29-21-9-3-1-4-10-21)20-13-15-22(16-14-20)28-25-23-11-5-6-12-24(23)31(27(25)33)19-30-17-7-2-8-18-30/h5-6,11-16,21H,1-4,7-10,17-19H2,(H,29,32). The number of carbonyl (C=O) groups is 2. The molecule has 0 radical (unpaired) electrons. The molecule has 1 N–H and O–H groups in total. The Kier molecular flexibility index (Phi) is 6.53.